The second-order valence-corrected chi connectivity index (χ2v) is 3.73. The molecule has 4 heteroatoms. The minimum absolute atomic E-state index is 0.00918. The minimum Gasteiger partial charge on any atom is -0.382 e. The van der Waals surface area contributed by atoms with Gasteiger partial charge in [-0.3, -0.25) is 10.1 Å². The van der Waals surface area contributed by atoms with Crippen LogP contribution in [0.25, 0.3) is 0 Å². The van der Waals surface area contributed by atoms with Crippen molar-refractivity contribution in [1.82, 2.24) is 9.78 Å². The van der Waals surface area contributed by atoms with Crippen LogP contribution in [0.15, 0.2) is 36.4 Å². The number of benzene rings is 1. The number of nitrogens with one attached hydrogen (secondary N) is 1. The topological polar surface area (TPSA) is 67.7 Å². The summed E-state index contributed by atoms with van der Waals surface area (Å²) >= 11 is 0. The number of nitrogen functional groups attached to an aromatic ring is 1. The van der Waals surface area contributed by atoms with Crippen LogP contribution in [0, 0.1) is 12.3 Å². The highest BCUT2D eigenvalue weighted by molar-refractivity contribution is 5.93. The molecule has 0 bridgehead atoms. The maximum atomic E-state index is 7.33. The SMILES string of the molecule is Cc1cc(C(=N)N)nn1Cc1ccccc1. The van der Waals surface area contributed by atoms with E-state index >= 15 is 0 Å². The van der Waals surface area contributed by atoms with Gasteiger partial charge in [0.1, 0.15) is 11.5 Å². The Kier molecular flexibility index (Phi) is 2.72. The van der Waals surface area contributed by atoms with Gasteiger partial charge in [0, 0.05) is 5.69 Å². The highest BCUT2D eigenvalue weighted by atomic mass is 15.3. The van der Waals surface area contributed by atoms with Crippen molar-refractivity contribution in [2.45, 2.75) is 13.5 Å². The number of aryl methyl sites for hydroxylation is 1. The number of hydrogen-bond donors (Lipinski definition) is 2. The lowest BCUT2D eigenvalue weighted by Gasteiger charge is -2.03. The van der Waals surface area contributed by atoms with Gasteiger partial charge >= 0.3 is 0 Å². The number of rotatable bonds is 3. The van der Waals surface area contributed by atoms with Gasteiger partial charge in [0.15, 0.2) is 0 Å². The fraction of sp³-hybridized carbons (Fsp3) is 0.167. The molecular weight excluding hydrogens is 200 g/mol. The second-order valence-electron chi connectivity index (χ2n) is 3.73. The first-order valence-electron chi connectivity index (χ1n) is 5.09. The van der Waals surface area contributed by atoms with E-state index in [0.29, 0.717) is 12.2 Å². The van der Waals surface area contributed by atoms with E-state index in [9.17, 15) is 0 Å². The molecule has 0 aliphatic carbocycles. The molecule has 3 N–H and O–H groups in total. The Morgan fingerprint density at radius 1 is 1.38 bits per heavy atom. The van der Waals surface area contributed by atoms with Crippen LogP contribution in [0.2, 0.25) is 0 Å². The lowest BCUT2D eigenvalue weighted by atomic mass is 10.2. The van der Waals surface area contributed by atoms with E-state index in [-0.39, 0.29) is 5.84 Å². The first-order chi connectivity index (χ1) is 7.66. The molecule has 16 heavy (non-hydrogen) atoms. The Labute approximate surface area is 94.2 Å². The van der Waals surface area contributed by atoms with Crippen LogP contribution in [0.3, 0.4) is 0 Å². The summed E-state index contributed by atoms with van der Waals surface area (Å²) < 4.78 is 1.85. The zero-order valence-corrected chi connectivity index (χ0v) is 9.14. The van der Waals surface area contributed by atoms with E-state index in [0.717, 1.165) is 5.69 Å². The van der Waals surface area contributed by atoms with E-state index in [1.54, 1.807) is 0 Å². The highest BCUT2D eigenvalue weighted by Crippen LogP contribution is 2.07. The molecule has 1 aromatic heterocycles. The van der Waals surface area contributed by atoms with Gasteiger partial charge in [-0.15, -0.1) is 0 Å². The molecule has 4 nitrogen and oxygen atoms in total. The Hall–Kier alpha value is -2.10. The molecule has 0 aliphatic heterocycles. The van der Waals surface area contributed by atoms with Crippen LogP contribution in [-0.4, -0.2) is 15.6 Å². The van der Waals surface area contributed by atoms with Crippen molar-refractivity contribution in [3.05, 3.63) is 53.3 Å². The van der Waals surface area contributed by atoms with Crippen molar-refractivity contribution in [2.24, 2.45) is 5.73 Å². The Morgan fingerprint density at radius 3 is 2.62 bits per heavy atom. The molecule has 0 atom stereocenters. The summed E-state index contributed by atoms with van der Waals surface area (Å²) in [5.74, 6) is 0.00918. The Bertz CT molecular complexity index is 499. The Balaban J connectivity index is 2.25. The summed E-state index contributed by atoms with van der Waals surface area (Å²) in [6.07, 6.45) is 0. The third-order valence-electron chi connectivity index (χ3n) is 2.43. The van der Waals surface area contributed by atoms with Gasteiger partial charge in [-0.2, -0.15) is 5.10 Å². The molecule has 0 saturated heterocycles. The quantitative estimate of drug-likeness (QED) is 0.601. The molecule has 0 spiro atoms. The van der Waals surface area contributed by atoms with Crippen molar-refractivity contribution in [1.29, 1.82) is 5.41 Å². The van der Waals surface area contributed by atoms with E-state index < -0.39 is 0 Å². The number of hydrogen-bond acceptors (Lipinski definition) is 2. The average molecular weight is 214 g/mol. The van der Waals surface area contributed by atoms with Crippen LogP contribution < -0.4 is 5.73 Å². The summed E-state index contributed by atoms with van der Waals surface area (Å²) in [6, 6.07) is 11.9. The molecule has 0 saturated carbocycles. The molecule has 2 aromatic rings. The van der Waals surface area contributed by atoms with Gasteiger partial charge in [0.2, 0.25) is 0 Å². The van der Waals surface area contributed by atoms with Crippen molar-refractivity contribution in [3.8, 4) is 0 Å². The van der Waals surface area contributed by atoms with Gasteiger partial charge in [-0.05, 0) is 18.6 Å². The first-order valence-corrected chi connectivity index (χ1v) is 5.09. The van der Waals surface area contributed by atoms with Crippen molar-refractivity contribution >= 4 is 5.84 Å². The maximum absolute atomic E-state index is 7.33. The smallest absolute Gasteiger partial charge is 0.143 e. The van der Waals surface area contributed by atoms with Crippen LogP contribution >= 0.6 is 0 Å². The molecule has 2 rings (SSSR count). The standard InChI is InChI=1S/C12H14N4/c1-9-7-11(12(13)14)15-16(9)8-10-5-3-2-4-6-10/h2-7H,8H2,1H3,(H3,13,14). The molecule has 0 amide bonds. The number of amidine groups is 1. The van der Waals surface area contributed by atoms with Gasteiger partial charge in [0.25, 0.3) is 0 Å². The second kappa shape index (κ2) is 4.18. The summed E-state index contributed by atoms with van der Waals surface area (Å²) in [4.78, 5) is 0. The predicted molar refractivity (Wildman–Crippen MR) is 63.5 cm³/mol. The largest absolute Gasteiger partial charge is 0.382 e. The summed E-state index contributed by atoms with van der Waals surface area (Å²) in [5.41, 5.74) is 8.12. The van der Waals surface area contributed by atoms with E-state index in [2.05, 4.69) is 17.2 Å². The van der Waals surface area contributed by atoms with E-state index in [1.807, 2.05) is 35.9 Å². The van der Waals surface area contributed by atoms with E-state index in [4.69, 9.17) is 11.1 Å². The average Bonchev–Trinajstić information content (AvgIpc) is 2.62. The monoisotopic (exact) mass is 214 g/mol. The fourth-order valence-corrected chi connectivity index (χ4v) is 1.56. The molecule has 0 unspecified atom stereocenters. The lowest BCUT2D eigenvalue weighted by molar-refractivity contribution is 0.663. The zero-order chi connectivity index (χ0) is 11.5. The lowest BCUT2D eigenvalue weighted by Crippen LogP contribution is -2.13. The normalized spacial score (nSPS) is 10.3. The van der Waals surface area contributed by atoms with Crippen LogP contribution in [0.1, 0.15) is 17.0 Å². The van der Waals surface area contributed by atoms with Crippen molar-refractivity contribution in [2.75, 3.05) is 0 Å². The maximum Gasteiger partial charge on any atom is 0.143 e. The first kappa shape index (κ1) is 10.4. The third kappa shape index (κ3) is 2.11. The molecule has 1 aromatic carbocycles. The molecule has 0 aliphatic rings. The van der Waals surface area contributed by atoms with Crippen LogP contribution in [-0.2, 0) is 6.54 Å². The van der Waals surface area contributed by atoms with Crippen LogP contribution in [0.4, 0.5) is 0 Å². The molecule has 82 valence electrons. The number of nitrogens with two attached hydrogens (primary N) is 1. The van der Waals surface area contributed by atoms with Gasteiger partial charge in [0.05, 0.1) is 6.54 Å². The van der Waals surface area contributed by atoms with Gasteiger partial charge < -0.3 is 5.73 Å². The van der Waals surface area contributed by atoms with Crippen molar-refractivity contribution < 1.29 is 0 Å². The van der Waals surface area contributed by atoms with Gasteiger partial charge in [-0.1, -0.05) is 30.3 Å². The molecule has 0 fully saturated rings. The highest BCUT2D eigenvalue weighted by Gasteiger charge is 2.06. The van der Waals surface area contributed by atoms with Crippen LogP contribution in [0.5, 0.6) is 0 Å². The minimum atomic E-state index is 0.00918. The zero-order valence-electron chi connectivity index (χ0n) is 9.14. The van der Waals surface area contributed by atoms with E-state index in [1.165, 1.54) is 5.56 Å². The third-order valence-corrected chi connectivity index (χ3v) is 2.43. The predicted octanol–water partition coefficient (Wildman–Crippen LogP) is 1.52. The fourth-order valence-electron chi connectivity index (χ4n) is 1.56. The van der Waals surface area contributed by atoms with Gasteiger partial charge in [-0.25, -0.2) is 0 Å². The number of aromatic nitrogens is 2. The molecular formula is C12H14N4. The Morgan fingerprint density at radius 2 is 2.06 bits per heavy atom. The molecule has 0 radical (unpaired) electrons. The summed E-state index contributed by atoms with van der Waals surface area (Å²) in [7, 11) is 0. The summed E-state index contributed by atoms with van der Waals surface area (Å²) in [6.45, 7) is 2.67. The summed E-state index contributed by atoms with van der Waals surface area (Å²) in [5, 5.41) is 11.6. The molecule has 1 heterocycles. The number of nitrogens with zero attached hydrogens (tertiary/aromatic N) is 2. The van der Waals surface area contributed by atoms with Crippen molar-refractivity contribution in [3.63, 3.8) is 0 Å².